The SMILES string of the molecule is CC1(C)CCN(C(=O)c2ccc(O)c(O)c2)CC1. The molecule has 1 aromatic rings. The number of hydrogen-bond acceptors (Lipinski definition) is 3. The van der Waals surface area contributed by atoms with Crippen LogP contribution >= 0.6 is 0 Å². The van der Waals surface area contributed by atoms with Gasteiger partial charge < -0.3 is 15.1 Å². The number of piperidine rings is 1. The van der Waals surface area contributed by atoms with Gasteiger partial charge in [0.05, 0.1) is 0 Å². The van der Waals surface area contributed by atoms with Crippen molar-refractivity contribution in [1.82, 2.24) is 4.90 Å². The molecule has 1 heterocycles. The molecule has 0 saturated carbocycles. The van der Waals surface area contributed by atoms with Gasteiger partial charge in [-0.15, -0.1) is 0 Å². The Morgan fingerprint density at radius 1 is 1.17 bits per heavy atom. The largest absolute Gasteiger partial charge is 0.504 e. The number of amides is 1. The zero-order chi connectivity index (χ0) is 13.3. The first-order valence-electron chi connectivity index (χ1n) is 6.20. The van der Waals surface area contributed by atoms with Crippen LogP contribution in [0.3, 0.4) is 0 Å². The molecule has 0 unspecified atom stereocenters. The third kappa shape index (κ3) is 2.58. The molecule has 1 amide bonds. The van der Waals surface area contributed by atoms with E-state index in [0.717, 1.165) is 25.9 Å². The fourth-order valence-corrected chi connectivity index (χ4v) is 2.15. The second-order valence-electron chi connectivity index (χ2n) is 5.66. The molecule has 1 saturated heterocycles. The van der Waals surface area contributed by atoms with E-state index < -0.39 is 0 Å². The molecule has 0 radical (unpaired) electrons. The highest BCUT2D eigenvalue weighted by Crippen LogP contribution is 2.31. The molecular weight excluding hydrogens is 230 g/mol. The first kappa shape index (κ1) is 12.7. The Morgan fingerprint density at radius 2 is 1.78 bits per heavy atom. The predicted molar refractivity (Wildman–Crippen MR) is 68.7 cm³/mol. The fourth-order valence-electron chi connectivity index (χ4n) is 2.15. The molecule has 0 aromatic heterocycles. The zero-order valence-electron chi connectivity index (χ0n) is 10.8. The molecule has 1 aliphatic heterocycles. The number of benzene rings is 1. The van der Waals surface area contributed by atoms with Crippen molar-refractivity contribution in [3.8, 4) is 11.5 Å². The van der Waals surface area contributed by atoms with Crippen LogP contribution in [0.1, 0.15) is 37.0 Å². The summed E-state index contributed by atoms with van der Waals surface area (Å²) in [5.74, 6) is -0.537. The minimum Gasteiger partial charge on any atom is -0.504 e. The topological polar surface area (TPSA) is 60.8 Å². The number of carbonyl (C=O) groups excluding carboxylic acids is 1. The van der Waals surface area contributed by atoms with E-state index in [4.69, 9.17) is 0 Å². The van der Waals surface area contributed by atoms with Gasteiger partial charge in [0, 0.05) is 18.7 Å². The van der Waals surface area contributed by atoms with Crippen molar-refractivity contribution in [3.05, 3.63) is 23.8 Å². The molecule has 4 heteroatoms. The Morgan fingerprint density at radius 3 is 2.33 bits per heavy atom. The van der Waals surface area contributed by atoms with Crippen LogP contribution in [-0.2, 0) is 0 Å². The second kappa shape index (κ2) is 4.52. The van der Waals surface area contributed by atoms with Crippen molar-refractivity contribution >= 4 is 5.91 Å². The third-order valence-electron chi connectivity index (χ3n) is 3.63. The summed E-state index contributed by atoms with van der Waals surface area (Å²) in [5.41, 5.74) is 0.721. The molecule has 2 rings (SSSR count). The smallest absolute Gasteiger partial charge is 0.253 e. The van der Waals surface area contributed by atoms with E-state index >= 15 is 0 Å². The van der Waals surface area contributed by atoms with E-state index in [-0.39, 0.29) is 17.4 Å². The maximum absolute atomic E-state index is 12.2. The zero-order valence-corrected chi connectivity index (χ0v) is 10.8. The summed E-state index contributed by atoms with van der Waals surface area (Å²) >= 11 is 0. The van der Waals surface area contributed by atoms with Gasteiger partial charge in [-0.25, -0.2) is 0 Å². The maximum atomic E-state index is 12.2. The molecular formula is C14H19NO3. The minimum atomic E-state index is -0.252. The van der Waals surface area contributed by atoms with Crippen molar-refractivity contribution in [2.75, 3.05) is 13.1 Å². The molecule has 0 spiro atoms. The second-order valence-corrected chi connectivity index (χ2v) is 5.66. The first-order valence-corrected chi connectivity index (χ1v) is 6.20. The van der Waals surface area contributed by atoms with Crippen LogP contribution in [0.15, 0.2) is 18.2 Å². The van der Waals surface area contributed by atoms with Gasteiger partial charge in [0.1, 0.15) is 0 Å². The van der Waals surface area contributed by atoms with Crippen LogP contribution < -0.4 is 0 Å². The number of phenolic OH excluding ortho intramolecular Hbond substituents is 2. The van der Waals surface area contributed by atoms with Crippen molar-refractivity contribution in [2.45, 2.75) is 26.7 Å². The lowest BCUT2D eigenvalue weighted by atomic mass is 9.82. The quantitative estimate of drug-likeness (QED) is 0.751. The molecule has 0 bridgehead atoms. The Balaban J connectivity index is 2.10. The molecule has 0 aliphatic carbocycles. The number of aromatic hydroxyl groups is 2. The van der Waals surface area contributed by atoms with Crippen LogP contribution in [0.25, 0.3) is 0 Å². The van der Waals surface area contributed by atoms with Crippen LogP contribution in [0.5, 0.6) is 11.5 Å². The summed E-state index contributed by atoms with van der Waals surface area (Å²) in [7, 11) is 0. The monoisotopic (exact) mass is 249 g/mol. The summed E-state index contributed by atoms with van der Waals surface area (Å²) in [5, 5.41) is 18.6. The maximum Gasteiger partial charge on any atom is 0.253 e. The minimum absolute atomic E-state index is 0.0826. The molecule has 0 atom stereocenters. The number of rotatable bonds is 1. The van der Waals surface area contributed by atoms with Crippen molar-refractivity contribution < 1.29 is 15.0 Å². The number of likely N-dealkylation sites (tertiary alicyclic amines) is 1. The Labute approximate surface area is 107 Å². The lowest BCUT2D eigenvalue weighted by molar-refractivity contribution is 0.0630. The van der Waals surface area contributed by atoms with E-state index in [9.17, 15) is 15.0 Å². The van der Waals surface area contributed by atoms with Gasteiger partial charge >= 0.3 is 0 Å². The molecule has 98 valence electrons. The van der Waals surface area contributed by atoms with Gasteiger partial charge in [-0.3, -0.25) is 4.79 Å². The summed E-state index contributed by atoms with van der Waals surface area (Å²) in [6, 6.07) is 4.20. The average Bonchev–Trinajstić information content (AvgIpc) is 2.32. The molecule has 1 aromatic carbocycles. The lowest BCUT2D eigenvalue weighted by Gasteiger charge is -2.36. The van der Waals surface area contributed by atoms with Gasteiger partial charge in [0.15, 0.2) is 11.5 Å². The Bertz CT molecular complexity index is 458. The van der Waals surface area contributed by atoms with Gasteiger partial charge in [-0.1, -0.05) is 13.8 Å². The van der Waals surface area contributed by atoms with Crippen molar-refractivity contribution in [2.24, 2.45) is 5.41 Å². The number of carbonyl (C=O) groups is 1. The number of nitrogens with zero attached hydrogens (tertiary/aromatic N) is 1. The molecule has 4 nitrogen and oxygen atoms in total. The van der Waals surface area contributed by atoms with Crippen molar-refractivity contribution in [3.63, 3.8) is 0 Å². The first-order chi connectivity index (χ1) is 8.39. The van der Waals surface area contributed by atoms with Crippen LogP contribution in [0, 0.1) is 5.41 Å². The highest BCUT2D eigenvalue weighted by molar-refractivity contribution is 5.95. The predicted octanol–water partition coefficient (Wildman–Crippen LogP) is 2.36. The Hall–Kier alpha value is -1.71. The van der Waals surface area contributed by atoms with E-state index in [0.29, 0.717) is 11.0 Å². The number of hydrogen-bond donors (Lipinski definition) is 2. The van der Waals surface area contributed by atoms with Gasteiger partial charge in [-0.2, -0.15) is 0 Å². The molecule has 1 fully saturated rings. The van der Waals surface area contributed by atoms with Gasteiger partial charge in [-0.05, 0) is 36.5 Å². The van der Waals surface area contributed by atoms with Crippen LogP contribution in [-0.4, -0.2) is 34.1 Å². The van der Waals surface area contributed by atoms with Gasteiger partial charge in [0.2, 0.25) is 0 Å². The molecule has 1 aliphatic rings. The van der Waals surface area contributed by atoms with Crippen LogP contribution in [0.2, 0.25) is 0 Å². The van der Waals surface area contributed by atoms with Crippen LogP contribution in [0.4, 0.5) is 0 Å². The summed E-state index contributed by atoms with van der Waals surface area (Å²) in [6.45, 7) is 5.91. The average molecular weight is 249 g/mol. The normalized spacial score (nSPS) is 18.7. The summed E-state index contributed by atoms with van der Waals surface area (Å²) in [6.07, 6.45) is 1.98. The highest BCUT2D eigenvalue weighted by atomic mass is 16.3. The van der Waals surface area contributed by atoms with Gasteiger partial charge in [0.25, 0.3) is 5.91 Å². The highest BCUT2D eigenvalue weighted by Gasteiger charge is 2.28. The summed E-state index contributed by atoms with van der Waals surface area (Å²) < 4.78 is 0. The van der Waals surface area contributed by atoms with Crippen molar-refractivity contribution in [1.29, 1.82) is 0 Å². The lowest BCUT2D eigenvalue weighted by Crippen LogP contribution is -2.41. The van der Waals surface area contributed by atoms with E-state index in [2.05, 4.69) is 13.8 Å². The van der Waals surface area contributed by atoms with E-state index in [1.54, 1.807) is 4.90 Å². The van der Waals surface area contributed by atoms with E-state index in [1.807, 2.05) is 0 Å². The standard InChI is InChI=1S/C14H19NO3/c1-14(2)5-7-15(8-6-14)13(18)10-3-4-11(16)12(17)9-10/h3-4,9,16-17H,5-8H2,1-2H3. The fraction of sp³-hybridized carbons (Fsp3) is 0.500. The van der Waals surface area contributed by atoms with E-state index in [1.165, 1.54) is 18.2 Å². The molecule has 18 heavy (non-hydrogen) atoms. The third-order valence-corrected chi connectivity index (χ3v) is 3.63. The number of phenols is 2. The Kier molecular flexibility index (Phi) is 3.20. The summed E-state index contributed by atoms with van der Waals surface area (Å²) in [4.78, 5) is 14.0. The molecule has 2 N–H and O–H groups in total.